The number of nitrogens with zero attached hydrogens (tertiary/aromatic N) is 3. The van der Waals surface area contributed by atoms with E-state index in [9.17, 15) is 18.0 Å². The van der Waals surface area contributed by atoms with Gasteiger partial charge in [0, 0.05) is 42.5 Å². The van der Waals surface area contributed by atoms with Crippen LogP contribution < -0.4 is 0 Å². The molecule has 3 heterocycles. The number of sulfonamides is 1. The van der Waals surface area contributed by atoms with Gasteiger partial charge in [-0.3, -0.25) is 9.59 Å². The maximum absolute atomic E-state index is 13.0. The average molecular weight is 540 g/mol. The molecule has 1 amide bonds. The number of piperidine rings is 2. The molecule has 0 saturated carbocycles. The zero-order chi connectivity index (χ0) is 25.2. The van der Waals surface area contributed by atoms with Gasteiger partial charge in [-0.15, -0.1) is 11.3 Å². The molecule has 0 spiro atoms. The van der Waals surface area contributed by atoms with Crippen molar-refractivity contribution in [1.82, 2.24) is 14.2 Å². The van der Waals surface area contributed by atoms with Gasteiger partial charge < -0.3 is 9.64 Å². The largest absolute Gasteiger partial charge is 0.466 e. The maximum Gasteiger partial charge on any atom is 0.309 e. The van der Waals surface area contributed by atoms with Crippen molar-refractivity contribution in [2.24, 2.45) is 5.92 Å². The number of esters is 1. The van der Waals surface area contributed by atoms with Crippen LogP contribution in [0.1, 0.15) is 59.6 Å². The molecule has 2 aromatic rings. The first kappa shape index (κ1) is 26.1. The summed E-state index contributed by atoms with van der Waals surface area (Å²) in [7, 11) is -3.61. The minimum Gasteiger partial charge on any atom is -0.466 e. The summed E-state index contributed by atoms with van der Waals surface area (Å²) in [5, 5.41) is 3.09. The Labute approximate surface area is 215 Å². The lowest BCUT2D eigenvalue weighted by molar-refractivity contribution is -0.149. The van der Waals surface area contributed by atoms with Crippen LogP contribution in [0.2, 0.25) is 5.02 Å². The maximum atomic E-state index is 13.0. The molecule has 2 fully saturated rings. The minimum absolute atomic E-state index is 0.115. The smallest absolute Gasteiger partial charge is 0.309 e. The highest BCUT2D eigenvalue weighted by atomic mass is 35.5. The number of aryl methyl sites for hydroxylation is 1. The number of carbonyl (C=O) groups excluding carboxylic acids is 2. The van der Waals surface area contributed by atoms with Gasteiger partial charge in [-0.05, 0) is 57.2 Å². The first-order valence-corrected chi connectivity index (χ1v) is 14.6. The van der Waals surface area contributed by atoms with Crippen LogP contribution in [0.5, 0.6) is 0 Å². The fourth-order valence-electron chi connectivity index (χ4n) is 4.54. The van der Waals surface area contributed by atoms with Crippen LogP contribution >= 0.6 is 22.9 Å². The zero-order valence-electron chi connectivity index (χ0n) is 19.9. The van der Waals surface area contributed by atoms with Crippen LogP contribution in [0.4, 0.5) is 0 Å². The molecule has 190 valence electrons. The van der Waals surface area contributed by atoms with Gasteiger partial charge in [-0.1, -0.05) is 17.7 Å². The number of ether oxygens (including phenoxy) is 1. The molecule has 1 aromatic carbocycles. The number of benzene rings is 1. The number of thiazole rings is 1. The number of carbonyl (C=O) groups is 2. The molecule has 11 heteroatoms. The zero-order valence-corrected chi connectivity index (χ0v) is 22.3. The molecule has 2 aliphatic rings. The van der Waals surface area contributed by atoms with E-state index in [-0.39, 0.29) is 28.6 Å². The number of hydrogen-bond acceptors (Lipinski definition) is 7. The van der Waals surface area contributed by atoms with Crippen LogP contribution in [0.15, 0.2) is 28.5 Å². The van der Waals surface area contributed by atoms with E-state index in [0.29, 0.717) is 69.2 Å². The molecule has 0 N–H and O–H groups in total. The standard InChI is InChI=1S/C24H30ClN3O5S2/c1-3-33-24(30)18-6-10-27(11-7-18)23(29)21-15-34-22(26-21)17-8-12-28(13-9-17)35(31,32)19-5-4-16(2)20(25)14-19/h4-5,14-15,17-18H,3,6-13H2,1-2H3. The second-order valence-electron chi connectivity index (χ2n) is 8.98. The highest BCUT2D eigenvalue weighted by molar-refractivity contribution is 7.89. The Bertz CT molecular complexity index is 1180. The topological polar surface area (TPSA) is 96.9 Å². The van der Waals surface area contributed by atoms with Gasteiger partial charge in [0.2, 0.25) is 10.0 Å². The molecule has 2 saturated heterocycles. The van der Waals surface area contributed by atoms with E-state index in [1.54, 1.807) is 29.3 Å². The lowest BCUT2D eigenvalue weighted by Gasteiger charge is -2.31. The lowest BCUT2D eigenvalue weighted by atomic mass is 9.97. The van der Waals surface area contributed by atoms with Crippen molar-refractivity contribution in [3.8, 4) is 0 Å². The fourth-order valence-corrected chi connectivity index (χ4v) is 7.25. The van der Waals surface area contributed by atoms with E-state index < -0.39 is 10.0 Å². The van der Waals surface area contributed by atoms with Gasteiger partial charge in [-0.25, -0.2) is 13.4 Å². The van der Waals surface area contributed by atoms with Gasteiger partial charge in [0.1, 0.15) is 5.69 Å². The predicted molar refractivity (Wildman–Crippen MR) is 134 cm³/mol. The third kappa shape index (κ3) is 5.71. The van der Waals surface area contributed by atoms with Crippen molar-refractivity contribution >= 4 is 44.8 Å². The second kappa shape index (κ2) is 10.9. The van der Waals surface area contributed by atoms with Crippen LogP contribution in [-0.2, 0) is 19.6 Å². The van der Waals surface area contributed by atoms with E-state index in [2.05, 4.69) is 4.98 Å². The first-order chi connectivity index (χ1) is 16.7. The lowest BCUT2D eigenvalue weighted by Crippen LogP contribution is -2.40. The third-order valence-electron chi connectivity index (χ3n) is 6.73. The Hall–Kier alpha value is -2.01. The Morgan fingerprint density at radius 3 is 2.46 bits per heavy atom. The van der Waals surface area contributed by atoms with Crippen molar-refractivity contribution in [3.05, 3.63) is 44.9 Å². The molecule has 0 bridgehead atoms. The Morgan fingerprint density at radius 1 is 1.14 bits per heavy atom. The number of amides is 1. The Balaban J connectivity index is 1.33. The second-order valence-corrected chi connectivity index (χ2v) is 12.2. The van der Waals surface area contributed by atoms with Gasteiger partial charge in [-0.2, -0.15) is 4.31 Å². The van der Waals surface area contributed by atoms with E-state index in [1.165, 1.54) is 21.7 Å². The van der Waals surface area contributed by atoms with Crippen molar-refractivity contribution < 1.29 is 22.7 Å². The van der Waals surface area contributed by atoms with Gasteiger partial charge >= 0.3 is 5.97 Å². The summed E-state index contributed by atoms with van der Waals surface area (Å²) >= 11 is 7.59. The number of aromatic nitrogens is 1. The normalized spacial score (nSPS) is 18.5. The van der Waals surface area contributed by atoms with E-state index in [4.69, 9.17) is 16.3 Å². The molecule has 4 rings (SSSR count). The number of rotatable bonds is 6. The van der Waals surface area contributed by atoms with E-state index >= 15 is 0 Å². The van der Waals surface area contributed by atoms with Gasteiger partial charge in [0.25, 0.3) is 5.91 Å². The van der Waals surface area contributed by atoms with Gasteiger partial charge in [0.15, 0.2) is 0 Å². The summed E-state index contributed by atoms with van der Waals surface area (Å²) in [4.78, 5) is 31.4. The fraction of sp³-hybridized carbons (Fsp3) is 0.542. The van der Waals surface area contributed by atoms with Crippen molar-refractivity contribution in [3.63, 3.8) is 0 Å². The highest BCUT2D eigenvalue weighted by Crippen LogP contribution is 2.33. The first-order valence-electron chi connectivity index (χ1n) is 11.9. The molecular formula is C24H30ClN3O5S2. The van der Waals surface area contributed by atoms with Crippen LogP contribution in [-0.4, -0.2) is 67.3 Å². The molecular weight excluding hydrogens is 510 g/mol. The third-order valence-corrected chi connectivity index (χ3v) is 10.0. The van der Waals surface area contributed by atoms with Crippen molar-refractivity contribution in [1.29, 1.82) is 0 Å². The summed E-state index contributed by atoms with van der Waals surface area (Å²) in [6, 6.07) is 4.82. The molecule has 8 nitrogen and oxygen atoms in total. The van der Waals surface area contributed by atoms with Crippen LogP contribution in [0.25, 0.3) is 0 Å². The summed E-state index contributed by atoms with van der Waals surface area (Å²) in [6.07, 6.45) is 2.48. The minimum atomic E-state index is -3.61. The number of halogens is 1. The summed E-state index contributed by atoms with van der Waals surface area (Å²) in [5.74, 6) is -0.341. The molecule has 0 atom stereocenters. The summed E-state index contributed by atoms with van der Waals surface area (Å²) in [6.45, 7) is 5.79. The molecule has 0 aliphatic carbocycles. The van der Waals surface area contributed by atoms with E-state index in [0.717, 1.165) is 10.6 Å². The molecule has 2 aliphatic heterocycles. The molecule has 1 aromatic heterocycles. The van der Waals surface area contributed by atoms with E-state index in [1.807, 2.05) is 6.92 Å². The summed E-state index contributed by atoms with van der Waals surface area (Å²) in [5.41, 5.74) is 1.26. The molecule has 0 unspecified atom stereocenters. The Kier molecular flexibility index (Phi) is 8.15. The van der Waals surface area contributed by atoms with Crippen molar-refractivity contribution in [2.45, 2.75) is 50.3 Å². The van der Waals surface area contributed by atoms with Gasteiger partial charge in [0.05, 0.1) is 22.4 Å². The highest BCUT2D eigenvalue weighted by Gasteiger charge is 2.33. The molecule has 0 radical (unpaired) electrons. The number of hydrogen-bond donors (Lipinski definition) is 0. The SMILES string of the molecule is CCOC(=O)C1CCN(C(=O)c2csc(C3CCN(S(=O)(=O)c4ccc(C)c(Cl)c4)CC3)n2)CC1. The van der Waals surface area contributed by atoms with Crippen molar-refractivity contribution in [2.75, 3.05) is 32.8 Å². The molecule has 35 heavy (non-hydrogen) atoms. The predicted octanol–water partition coefficient (Wildman–Crippen LogP) is 4.09. The van der Waals surface area contributed by atoms with Crippen LogP contribution in [0.3, 0.4) is 0 Å². The average Bonchev–Trinajstić information content (AvgIpc) is 3.36. The number of likely N-dealkylation sites (tertiary alicyclic amines) is 1. The Morgan fingerprint density at radius 2 is 1.83 bits per heavy atom. The summed E-state index contributed by atoms with van der Waals surface area (Å²) < 4.78 is 32.7. The van der Waals surface area contributed by atoms with Crippen LogP contribution in [0, 0.1) is 12.8 Å². The monoisotopic (exact) mass is 539 g/mol. The quantitative estimate of drug-likeness (QED) is 0.513.